The Bertz CT molecular complexity index is 194. The predicted molar refractivity (Wildman–Crippen MR) is 71.2 cm³/mol. The monoisotopic (exact) mass is 243 g/mol. The fourth-order valence-corrected chi connectivity index (χ4v) is 4.37. The fraction of sp³-hybridized carbons (Fsp3) is 1.00. The van der Waals surface area contributed by atoms with Gasteiger partial charge >= 0.3 is 0 Å². The number of ether oxygens (including phenoxy) is 1. The number of rotatable bonds is 4. The smallest absolute Gasteiger partial charge is 0.0666 e. The molecule has 1 aliphatic heterocycles. The van der Waals surface area contributed by atoms with Gasteiger partial charge in [-0.1, -0.05) is 19.3 Å². The van der Waals surface area contributed by atoms with Gasteiger partial charge in [-0.05, 0) is 32.7 Å². The summed E-state index contributed by atoms with van der Waals surface area (Å²) in [6.45, 7) is 0.991. The zero-order valence-electron chi connectivity index (χ0n) is 10.4. The van der Waals surface area contributed by atoms with Crippen molar-refractivity contribution in [1.82, 2.24) is 5.32 Å². The molecule has 0 aromatic carbocycles. The second kappa shape index (κ2) is 6.87. The molecule has 94 valence electrons. The summed E-state index contributed by atoms with van der Waals surface area (Å²) in [7, 11) is 2.12. The molecule has 2 aliphatic rings. The second-order valence-corrected chi connectivity index (χ2v) is 6.31. The van der Waals surface area contributed by atoms with Crippen molar-refractivity contribution >= 4 is 11.8 Å². The van der Waals surface area contributed by atoms with Gasteiger partial charge in [0.05, 0.1) is 6.10 Å². The first-order valence-corrected chi connectivity index (χ1v) is 7.85. The SMILES string of the molecule is CNC1CCCCCC1SCC1CCCO1. The number of thioether (sulfide) groups is 1. The number of nitrogens with one attached hydrogen (secondary N) is 1. The third kappa shape index (κ3) is 3.64. The Hall–Kier alpha value is 0.270. The minimum absolute atomic E-state index is 0.547. The first-order valence-electron chi connectivity index (χ1n) is 6.80. The van der Waals surface area contributed by atoms with Gasteiger partial charge in [-0.25, -0.2) is 0 Å². The molecule has 3 heteroatoms. The molecule has 3 atom stereocenters. The van der Waals surface area contributed by atoms with Gasteiger partial charge in [0.2, 0.25) is 0 Å². The molecule has 16 heavy (non-hydrogen) atoms. The van der Waals surface area contributed by atoms with Crippen LogP contribution in [-0.2, 0) is 4.74 Å². The lowest BCUT2D eigenvalue weighted by Gasteiger charge is -2.25. The van der Waals surface area contributed by atoms with Crippen LogP contribution in [0.15, 0.2) is 0 Å². The van der Waals surface area contributed by atoms with Crippen molar-refractivity contribution in [1.29, 1.82) is 0 Å². The first-order chi connectivity index (χ1) is 7.90. The van der Waals surface area contributed by atoms with Crippen molar-refractivity contribution in [2.24, 2.45) is 0 Å². The zero-order valence-corrected chi connectivity index (χ0v) is 11.2. The van der Waals surface area contributed by atoms with Gasteiger partial charge in [0.1, 0.15) is 0 Å². The molecule has 1 aliphatic carbocycles. The molecule has 0 aromatic rings. The van der Waals surface area contributed by atoms with Crippen molar-refractivity contribution in [2.45, 2.75) is 62.3 Å². The maximum absolute atomic E-state index is 5.70. The van der Waals surface area contributed by atoms with E-state index >= 15 is 0 Å². The molecule has 2 rings (SSSR count). The van der Waals surface area contributed by atoms with Gasteiger partial charge in [0, 0.05) is 23.7 Å². The molecule has 0 radical (unpaired) electrons. The van der Waals surface area contributed by atoms with E-state index in [1.807, 2.05) is 0 Å². The van der Waals surface area contributed by atoms with Crippen LogP contribution in [0.25, 0.3) is 0 Å². The summed E-state index contributed by atoms with van der Waals surface area (Å²) in [5, 5.41) is 4.32. The van der Waals surface area contributed by atoms with Crippen LogP contribution in [-0.4, -0.2) is 36.8 Å². The van der Waals surface area contributed by atoms with Crippen molar-refractivity contribution in [2.75, 3.05) is 19.4 Å². The number of hydrogen-bond acceptors (Lipinski definition) is 3. The Labute approximate surface area is 104 Å². The standard InChI is InChI=1S/C13H25NOS/c1-14-12-7-3-2-4-8-13(12)16-10-11-6-5-9-15-11/h11-14H,2-10H2,1H3. The van der Waals surface area contributed by atoms with Crippen LogP contribution in [0.3, 0.4) is 0 Å². The van der Waals surface area contributed by atoms with Gasteiger partial charge in [-0.3, -0.25) is 0 Å². The lowest BCUT2D eigenvalue weighted by molar-refractivity contribution is 0.128. The van der Waals surface area contributed by atoms with Crippen molar-refractivity contribution in [3.05, 3.63) is 0 Å². The molecule has 0 amide bonds. The van der Waals surface area contributed by atoms with E-state index < -0.39 is 0 Å². The van der Waals surface area contributed by atoms with Gasteiger partial charge < -0.3 is 10.1 Å². The van der Waals surface area contributed by atoms with E-state index in [1.165, 1.54) is 50.7 Å². The average molecular weight is 243 g/mol. The van der Waals surface area contributed by atoms with Crippen molar-refractivity contribution in [3.63, 3.8) is 0 Å². The van der Waals surface area contributed by atoms with Crippen LogP contribution < -0.4 is 5.32 Å². The zero-order chi connectivity index (χ0) is 11.2. The van der Waals surface area contributed by atoms with E-state index in [0.717, 1.165) is 17.9 Å². The second-order valence-electron chi connectivity index (χ2n) is 5.04. The van der Waals surface area contributed by atoms with Gasteiger partial charge in [0.15, 0.2) is 0 Å². The molecule has 3 unspecified atom stereocenters. The normalized spacial score (nSPS) is 36.2. The van der Waals surface area contributed by atoms with Crippen LogP contribution in [0, 0.1) is 0 Å². The van der Waals surface area contributed by atoms with Crippen LogP contribution in [0.5, 0.6) is 0 Å². The predicted octanol–water partition coefficient (Wildman–Crippen LogP) is 2.82. The lowest BCUT2D eigenvalue weighted by atomic mass is 10.1. The summed E-state index contributed by atoms with van der Waals surface area (Å²) in [4.78, 5) is 0. The van der Waals surface area contributed by atoms with E-state index in [9.17, 15) is 0 Å². The van der Waals surface area contributed by atoms with Crippen LogP contribution >= 0.6 is 11.8 Å². The minimum Gasteiger partial charge on any atom is -0.377 e. The molecule has 0 bridgehead atoms. The summed E-state index contributed by atoms with van der Waals surface area (Å²) >= 11 is 2.15. The van der Waals surface area contributed by atoms with E-state index in [4.69, 9.17) is 4.74 Å². The topological polar surface area (TPSA) is 21.3 Å². The van der Waals surface area contributed by atoms with E-state index in [2.05, 4.69) is 24.1 Å². The Balaban J connectivity index is 1.75. The highest BCUT2D eigenvalue weighted by Gasteiger charge is 2.24. The van der Waals surface area contributed by atoms with E-state index in [0.29, 0.717) is 6.10 Å². The minimum atomic E-state index is 0.547. The molecule has 1 heterocycles. The van der Waals surface area contributed by atoms with Crippen molar-refractivity contribution < 1.29 is 4.74 Å². The number of hydrogen-bond donors (Lipinski definition) is 1. The van der Waals surface area contributed by atoms with E-state index in [-0.39, 0.29) is 0 Å². The molecular weight excluding hydrogens is 218 g/mol. The first kappa shape index (κ1) is 12.7. The maximum atomic E-state index is 5.70. The van der Waals surface area contributed by atoms with Gasteiger partial charge in [-0.15, -0.1) is 0 Å². The summed E-state index contributed by atoms with van der Waals surface area (Å²) in [6.07, 6.45) is 10.1. The molecule has 1 N–H and O–H groups in total. The molecule has 2 fully saturated rings. The third-order valence-electron chi connectivity index (χ3n) is 3.84. The fourth-order valence-electron chi connectivity index (χ4n) is 2.81. The quantitative estimate of drug-likeness (QED) is 0.767. The molecule has 0 spiro atoms. The largest absolute Gasteiger partial charge is 0.377 e. The highest BCUT2D eigenvalue weighted by molar-refractivity contribution is 8.00. The molecule has 1 saturated carbocycles. The van der Waals surface area contributed by atoms with Gasteiger partial charge in [0.25, 0.3) is 0 Å². The summed E-state index contributed by atoms with van der Waals surface area (Å²) in [5.41, 5.74) is 0. The molecule has 0 aromatic heterocycles. The van der Waals surface area contributed by atoms with Crippen molar-refractivity contribution in [3.8, 4) is 0 Å². The Morgan fingerprint density at radius 3 is 2.75 bits per heavy atom. The maximum Gasteiger partial charge on any atom is 0.0666 e. The lowest BCUT2D eigenvalue weighted by Crippen LogP contribution is -2.35. The Kier molecular flexibility index (Phi) is 5.46. The highest BCUT2D eigenvalue weighted by atomic mass is 32.2. The Morgan fingerprint density at radius 1 is 1.12 bits per heavy atom. The van der Waals surface area contributed by atoms with Crippen LogP contribution in [0.4, 0.5) is 0 Å². The van der Waals surface area contributed by atoms with E-state index in [1.54, 1.807) is 0 Å². The Morgan fingerprint density at radius 2 is 2.00 bits per heavy atom. The highest BCUT2D eigenvalue weighted by Crippen LogP contribution is 2.29. The molecule has 1 saturated heterocycles. The summed E-state index contributed by atoms with van der Waals surface area (Å²) in [6, 6.07) is 0.730. The molecule has 2 nitrogen and oxygen atoms in total. The summed E-state index contributed by atoms with van der Waals surface area (Å²) in [5.74, 6) is 1.21. The van der Waals surface area contributed by atoms with Gasteiger partial charge in [-0.2, -0.15) is 11.8 Å². The van der Waals surface area contributed by atoms with Crippen LogP contribution in [0.1, 0.15) is 44.9 Å². The molecular formula is C13H25NOS. The average Bonchev–Trinajstić information content (AvgIpc) is 2.71. The third-order valence-corrected chi connectivity index (χ3v) is 5.40. The summed E-state index contributed by atoms with van der Waals surface area (Å²) < 4.78 is 5.70. The van der Waals surface area contributed by atoms with Crippen LogP contribution in [0.2, 0.25) is 0 Å².